The standard InChI is InChI=1S/C19H31N3O2S2/c1-4-22(5-2)26(23,24)17-12-11-16(3)18(15-17)20-19(25)21-13-9-7-6-8-10-14-21/h11-12,15H,4-10,13-14H2,1-3H3,(H,20,25). The van der Waals surface area contributed by atoms with E-state index in [1.807, 2.05) is 26.8 Å². The summed E-state index contributed by atoms with van der Waals surface area (Å²) < 4.78 is 27.0. The number of nitrogens with zero attached hydrogens (tertiary/aromatic N) is 2. The quantitative estimate of drug-likeness (QED) is 0.762. The Kier molecular flexibility index (Phi) is 7.85. The van der Waals surface area contributed by atoms with Gasteiger partial charge in [-0.05, 0) is 49.7 Å². The van der Waals surface area contributed by atoms with E-state index >= 15 is 0 Å². The van der Waals surface area contributed by atoms with Crippen LogP contribution in [0.1, 0.15) is 51.5 Å². The summed E-state index contributed by atoms with van der Waals surface area (Å²) in [5.74, 6) is 0. The molecule has 0 aliphatic carbocycles. The molecule has 0 bridgehead atoms. The van der Waals surface area contributed by atoms with Gasteiger partial charge in [0.25, 0.3) is 0 Å². The molecule has 26 heavy (non-hydrogen) atoms. The van der Waals surface area contributed by atoms with E-state index in [1.165, 1.54) is 23.6 Å². The molecule has 1 aromatic carbocycles. The van der Waals surface area contributed by atoms with Gasteiger partial charge in [-0.15, -0.1) is 0 Å². The second kappa shape index (κ2) is 9.67. The van der Waals surface area contributed by atoms with Crippen LogP contribution >= 0.6 is 12.2 Å². The maximum atomic E-state index is 12.8. The van der Waals surface area contributed by atoms with Gasteiger partial charge in [0.1, 0.15) is 0 Å². The smallest absolute Gasteiger partial charge is 0.243 e. The van der Waals surface area contributed by atoms with Crippen molar-refractivity contribution in [2.24, 2.45) is 0 Å². The van der Waals surface area contributed by atoms with Crippen molar-refractivity contribution in [2.75, 3.05) is 31.5 Å². The summed E-state index contributed by atoms with van der Waals surface area (Å²) in [5.41, 5.74) is 1.75. The lowest BCUT2D eigenvalue weighted by molar-refractivity contribution is 0.366. The average Bonchev–Trinajstić information content (AvgIpc) is 2.57. The van der Waals surface area contributed by atoms with Crippen molar-refractivity contribution in [1.82, 2.24) is 9.21 Å². The summed E-state index contributed by atoms with van der Waals surface area (Å²) in [6, 6.07) is 5.22. The SMILES string of the molecule is CCN(CC)S(=O)(=O)c1ccc(C)c(NC(=S)N2CCCCCCC2)c1. The van der Waals surface area contributed by atoms with Crippen molar-refractivity contribution in [3.05, 3.63) is 23.8 Å². The number of likely N-dealkylation sites (tertiary alicyclic amines) is 1. The van der Waals surface area contributed by atoms with E-state index in [0.717, 1.165) is 37.2 Å². The van der Waals surface area contributed by atoms with Crippen LogP contribution in [-0.4, -0.2) is 48.9 Å². The first kappa shape index (κ1) is 21.1. The summed E-state index contributed by atoms with van der Waals surface area (Å²) in [6.07, 6.45) is 6.10. The Morgan fingerprint density at radius 1 is 1.12 bits per heavy atom. The second-order valence-electron chi connectivity index (χ2n) is 6.75. The van der Waals surface area contributed by atoms with Crippen molar-refractivity contribution in [2.45, 2.75) is 57.8 Å². The number of nitrogens with one attached hydrogen (secondary N) is 1. The monoisotopic (exact) mass is 397 g/mol. The molecule has 5 nitrogen and oxygen atoms in total. The number of sulfonamides is 1. The summed E-state index contributed by atoms with van der Waals surface area (Å²) in [7, 11) is -3.48. The van der Waals surface area contributed by atoms with Crippen LogP contribution in [0.5, 0.6) is 0 Å². The van der Waals surface area contributed by atoms with Crippen LogP contribution in [0.3, 0.4) is 0 Å². The molecule has 146 valence electrons. The lowest BCUT2D eigenvalue weighted by Gasteiger charge is -2.28. The summed E-state index contributed by atoms with van der Waals surface area (Å²) in [6.45, 7) is 8.51. The normalized spacial score (nSPS) is 16.2. The molecule has 7 heteroatoms. The number of thiocarbonyl (C=S) groups is 1. The molecule has 1 aliphatic rings. The molecule has 0 unspecified atom stereocenters. The zero-order chi connectivity index (χ0) is 19.2. The fourth-order valence-electron chi connectivity index (χ4n) is 3.25. The fourth-order valence-corrected chi connectivity index (χ4v) is 5.03. The number of anilines is 1. The molecule has 0 saturated carbocycles. The number of hydrogen-bond donors (Lipinski definition) is 1. The van der Waals surface area contributed by atoms with E-state index in [0.29, 0.717) is 23.1 Å². The Morgan fingerprint density at radius 3 is 2.27 bits per heavy atom. The zero-order valence-corrected chi connectivity index (χ0v) is 17.8. The van der Waals surface area contributed by atoms with Gasteiger partial charge < -0.3 is 10.2 Å². The molecular formula is C19H31N3O2S2. The summed E-state index contributed by atoms with van der Waals surface area (Å²) in [5, 5.41) is 3.98. The summed E-state index contributed by atoms with van der Waals surface area (Å²) in [4.78, 5) is 2.52. The third-order valence-electron chi connectivity index (χ3n) is 4.94. The van der Waals surface area contributed by atoms with Crippen LogP contribution in [-0.2, 0) is 10.0 Å². The first-order valence-electron chi connectivity index (χ1n) is 9.56. The van der Waals surface area contributed by atoms with Crippen LogP contribution in [0.2, 0.25) is 0 Å². The van der Waals surface area contributed by atoms with Crippen LogP contribution in [0.15, 0.2) is 23.1 Å². The minimum atomic E-state index is -3.48. The molecule has 0 spiro atoms. The van der Waals surface area contributed by atoms with Gasteiger partial charge in [-0.25, -0.2) is 8.42 Å². The van der Waals surface area contributed by atoms with Crippen molar-refractivity contribution in [3.8, 4) is 0 Å². The van der Waals surface area contributed by atoms with Gasteiger partial charge in [0.15, 0.2) is 5.11 Å². The molecule has 1 N–H and O–H groups in total. The molecule has 1 aromatic rings. The van der Waals surface area contributed by atoms with Crippen molar-refractivity contribution in [3.63, 3.8) is 0 Å². The highest BCUT2D eigenvalue weighted by Crippen LogP contribution is 2.23. The number of aryl methyl sites for hydroxylation is 1. The van der Waals surface area contributed by atoms with Gasteiger partial charge in [-0.1, -0.05) is 39.2 Å². The van der Waals surface area contributed by atoms with Crippen molar-refractivity contribution < 1.29 is 8.42 Å². The predicted octanol–water partition coefficient (Wildman–Crippen LogP) is 3.99. The van der Waals surface area contributed by atoms with Gasteiger partial charge in [0.05, 0.1) is 4.90 Å². The lowest BCUT2D eigenvalue weighted by Crippen LogP contribution is -2.37. The Hall–Kier alpha value is -1.18. The molecule has 0 atom stereocenters. The molecule has 1 aliphatic heterocycles. The van der Waals surface area contributed by atoms with E-state index in [9.17, 15) is 8.42 Å². The Bertz CT molecular complexity index is 707. The zero-order valence-electron chi connectivity index (χ0n) is 16.1. The van der Waals surface area contributed by atoms with Gasteiger partial charge in [0, 0.05) is 31.9 Å². The highest BCUT2D eigenvalue weighted by Gasteiger charge is 2.22. The van der Waals surface area contributed by atoms with E-state index in [2.05, 4.69) is 10.2 Å². The van der Waals surface area contributed by atoms with Gasteiger partial charge in [-0.3, -0.25) is 0 Å². The summed E-state index contributed by atoms with van der Waals surface area (Å²) >= 11 is 5.61. The number of rotatable bonds is 5. The number of benzene rings is 1. The Labute approximate surface area is 163 Å². The average molecular weight is 398 g/mol. The second-order valence-corrected chi connectivity index (χ2v) is 9.08. The van der Waals surface area contributed by atoms with Crippen LogP contribution in [0.4, 0.5) is 5.69 Å². The van der Waals surface area contributed by atoms with Crippen LogP contribution < -0.4 is 5.32 Å². The first-order valence-corrected chi connectivity index (χ1v) is 11.4. The van der Waals surface area contributed by atoms with Gasteiger partial charge in [0.2, 0.25) is 10.0 Å². The van der Waals surface area contributed by atoms with Crippen molar-refractivity contribution >= 4 is 33.0 Å². The third-order valence-corrected chi connectivity index (χ3v) is 7.34. The molecule has 0 radical (unpaired) electrons. The van der Waals surface area contributed by atoms with Gasteiger partial charge >= 0.3 is 0 Å². The van der Waals surface area contributed by atoms with Crippen LogP contribution in [0, 0.1) is 6.92 Å². The van der Waals surface area contributed by atoms with Gasteiger partial charge in [-0.2, -0.15) is 4.31 Å². The van der Waals surface area contributed by atoms with E-state index < -0.39 is 10.0 Å². The number of hydrogen-bond acceptors (Lipinski definition) is 3. The topological polar surface area (TPSA) is 52.7 Å². The van der Waals surface area contributed by atoms with Crippen LogP contribution in [0.25, 0.3) is 0 Å². The molecule has 0 amide bonds. The minimum Gasteiger partial charge on any atom is -0.349 e. The van der Waals surface area contributed by atoms with Crippen molar-refractivity contribution in [1.29, 1.82) is 0 Å². The molecule has 0 aromatic heterocycles. The fraction of sp³-hybridized carbons (Fsp3) is 0.632. The lowest BCUT2D eigenvalue weighted by atomic mass is 10.1. The highest BCUT2D eigenvalue weighted by molar-refractivity contribution is 7.89. The molecule has 1 fully saturated rings. The molecule has 1 heterocycles. The molecule has 2 rings (SSSR count). The third kappa shape index (κ3) is 5.18. The predicted molar refractivity (Wildman–Crippen MR) is 112 cm³/mol. The van der Waals surface area contributed by atoms with E-state index in [-0.39, 0.29) is 0 Å². The minimum absolute atomic E-state index is 0.310. The van der Waals surface area contributed by atoms with E-state index in [4.69, 9.17) is 12.2 Å². The molecular weight excluding hydrogens is 366 g/mol. The Morgan fingerprint density at radius 2 is 1.69 bits per heavy atom. The Balaban J connectivity index is 2.20. The highest BCUT2D eigenvalue weighted by atomic mass is 32.2. The van der Waals surface area contributed by atoms with E-state index in [1.54, 1.807) is 12.1 Å². The first-order chi connectivity index (χ1) is 12.4. The maximum absolute atomic E-state index is 12.8. The molecule has 1 saturated heterocycles. The largest absolute Gasteiger partial charge is 0.349 e. The maximum Gasteiger partial charge on any atom is 0.243 e.